The van der Waals surface area contributed by atoms with Gasteiger partial charge in [0.25, 0.3) is 0 Å². The summed E-state index contributed by atoms with van der Waals surface area (Å²) in [6, 6.07) is 8.14. The molecule has 0 aliphatic carbocycles. The van der Waals surface area contributed by atoms with Gasteiger partial charge >= 0.3 is 0 Å². The summed E-state index contributed by atoms with van der Waals surface area (Å²) in [6.07, 6.45) is 3.19. The Labute approximate surface area is 141 Å². The quantitative estimate of drug-likeness (QED) is 0.901. The molecule has 0 saturated carbocycles. The Balaban J connectivity index is 1.67. The number of nitrogens with one attached hydrogen (secondary N) is 1. The van der Waals surface area contributed by atoms with Crippen LogP contribution in [0.25, 0.3) is 0 Å². The molecule has 1 aliphatic heterocycles. The summed E-state index contributed by atoms with van der Waals surface area (Å²) < 4.78 is 39.6. The first kappa shape index (κ1) is 16.9. The van der Waals surface area contributed by atoms with E-state index in [0.29, 0.717) is 31.0 Å². The summed E-state index contributed by atoms with van der Waals surface area (Å²) in [5.74, 6) is 0.352. The summed E-state index contributed by atoms with van der Waals surface area (Å²) in [7, 11) is -3.43. The highest BCUT2D eigenvalue weighted by molar-refractivity contribution is 7.89. The van der Waals surface area contributed by atoms with Crippen LogP contribution in [0.2, 0.25) is 0 Å². The maximum Gasteiger partial charge on any atom is 0.244 e. The molecule has 1 N–H and O–H groups in total. The zero-order valence-corrected chi connectivity index (χ0v) is 14.3. The molecular weight excluding hydrogens is 329 g/mol. The van der Waals surface area contributed by atoms with Gasteiger partial charge in [0.2, 0.25) is 10.0 Å². The lowest BCUT2D eigenvalue weighted by Crippen LogP contribution is -2.27. The van der Waals surface area contributed by atoms with Crippen molar-refractivity contribution in [3.05, 3.63) is 53.5 Å². The van der Waals surface area contributed by atoms with Crippen LogP contribution in [0, 0.1) is 12.7 Å². The lowest BCUT2D eigenvalue weighted by Gasteiger charge is -2.15. The molecule has 1 aromatic heterocycles. The Kier molecular flexibility index (Phi) is 4.82. The van der Waals surface area contributed by atoms with Gasteiger partial charge < -0.3 is 5.32 Å². The molecule has 2 heterocycles. The van der Waals surface area contributed by atoms with Gasteiger partial charge in [-0.3, -0.25) is 0 Å². The highest BCUT2D eigenvalue weighted by atomic mass is 32.2. The number of aromatic nitrogens is 1. The fourth-order valence-electron chi connectivity index (χ4n) is 2.72. The van der Waals surface area contributed by atoms with Crippen molar-refractivity contribution < 1.29 is 12.8 Å². The topological polar surface area (TPSA) is 62.3 Å². The average molecular weight is 349 g/mol. The van der Waals surface area contributed by atoms with Gasteiger partial charge in [-0.1, -0.05) is 12.1 Å². The van der Waals surface area contributed by atoms with Gasteiger partial charge in [0, 0.05) is 25.8 Å². The second-order valence-corrected chi connectivity index (χ2v) is 7.87. The van der Waals surface area contributed by atoms with E-state index in [1.54, 1.807) is 31.2 Å². The van der Waals surface area contributed by atoms with E-state index in [1.165, 1.54) is 16.6 Å². The minimum atomic E-state index is -3.43. The van der Waals surface area contributed by atoms with Crippen LogP contribution < -0.4 is 5.32 Å². The summed E-state index contributed by atoms with van der Waals surface area (Å²) in [5, 5.41) is 3.11. The maximum absolute atomic E-state index is 13.3. The Morgan fingerprint density at radius 1 is 1.21 bits per heavy atom. The lowest BCUT2D eigenvalue weighted by molar-refractivity contribution is 0.477. The molecule has 3 rings (SSSR count). The van der Waals surface area contributed by atoms with E-state index in [2.05, 4.69) is 10.3 Å². The van der Waals surface area contributed by atoms with Gasteiger partial charge in [-0.15, -0.1) is 0 Å². The van der Waals surface area contributed by atoms with Gasteiger partial charge in [0.1, 0.15) is 16.5 Å². The third kappa shape index (κ3) is 3.57. The van der Waals surface area contributed by atoms with E-state index in [0.717, 1.165) is 18.4 Å². The van der Waals surface area contributed by atoms with Crippen LogP contribution in [0.1, 0.15) is 24.0 Å². The minimum Gasteiger partial charge on any atom is -0.366 e. The number of sulfonamides is 1. The van der Waals surface area contributed by atoms with Crippen molar-refractivity contribution in [3.63, 3.8) is 0 Å². The molecule has 0 bridgehead atoms. The van der Waals surface area contributed by atoms with Crippen molar-refractivity contribution in [1.82, 2.24) is 9.29 Å². The molecule has 1 fully saturated rings. The second-order valence-electron chi connectivity index (χ2n) is 5.93. The van der Waals surface area contributed by atoms with Gasteiger partial charge in [0.15, 0.2) is 0 Å². The molecule has 2 aromatic rings. The predicted octanol–water partition coefficient (Wildman–Crippen LogP) is 2.93. The Bertz CT molecular complexity index is 816. The molecule has 1 aliphatic rings. The predicted molar refractivity (Wildman–Crippen MR) is 90.7 cm³/mol. The first-order valence-corrected chi connectivity index (χ1v) is 9.36. The number of pyridine rings is 1. The van der Waals surface area contributed by atoms with Gasteiger partial charge in [-0.25, -0.2) is 17.8 Å². The molecule has 1 aromatic carbocycles. The summed E-state index contributed by atoms with van der Waals surface area (Å²) >= 11 is 0. The molecule has 0 amide bonds. The molecule has 0 radical (unpaired) electrons. The third-order valence-electron chi connectivity index (χ3n) is 4.14. The molecule has 24 heavy (non-hydrogen) atoms. The molecule has 7 heteroatoms. The van der Waals surface area contributed by atoms with Crippen molar-refractivity contribution >= 4 is 15.8 Å². The van der Waals surface area contributed by atoms with Crippen molar-refractivity contribution in [2.75, 3.05) is 18.4 Å². The van der Waals surface area contributed by atoms with Crippen LogP contribution in [0.15, 0.2) is 41.4 Å². The fourth-order valence-corrected chi connectivity index (χ4v) is 4.19. The first-order valence-electron chi connectivity index (χ1n) is 7.92. The van der Waals surface area contributed by atoms with Crippen LogP contribution in [0.3, 0.4) is 0 Å². The van der Waals surface area contributed by atoms with Crippen LogP contribution in [0.5, 0.6) is 0 Å². The zero-order valence-electron chi connectivity index (χ0n) is 13.5. The molecule has 0 unspecified atom stereocenters. The van der Waals surface area contributed by atoms with Crippen molar-refractivity contribution in [2.45, 2.75) is 31.2 Å². The number of anilines is 1. The number of rotatable bonds is 5. The summed E-state index contributed by atoms with van der Waals surface area (Å²) in [4.78, 5) is 4.40. The summed E-state index contributed by atoms with van der Waals surface area (Å²) in [6.45, 7) is 3.36. The molecule has 0 spiro atoms. The number of halogens is 1. The zero-order chi connectivity index (χ0) is 17.2. The van der Waals surface area contributed by atoms with E-state index in [1.807, 2.05) is 0 Å². The highest BCUT2D eigenvalue weighted by Gasteiger charge is 2.27. The van der Waals surface area contributed by atoms with Gasteiger partial charge in [-0.2, -0.15) is 4.31 Å². The maximum atomic E-state index is 13.3. The normalized spacial score (nSPS) is 15.6. The van der Waals surface area contributed by atoms with Gasteiger partial charge in [-0.05, 0) is 49.1 Å². The lowest BCUT2D eigenvalue weighted by atomic mass is 10.1. The molecule has 0 atom stereocenters. The van der Waals surface area contributed by atoms with E-state index in [4.69, 9.17) is 0 Å². The number of hydrogen-bond donors (Lipinski definition) is 1. The first-order chi connectivity index (χ1) is 11.5. The minimum absolute atomic E-state index is 0.215. The Morgan fingerprint density at radius 3 is 2.58 bits per heavy atom. The van der Waals surface area contributed by atoms with Crippen molar-refractivity contribution in [3.8, 4) is 0 Å². The number of hydrogen-bond acceptors (Lipinski definition) is 4. The Hall–Kier alpha value is -1.99. The van der Waals surface area contributed by atoms with Crippen LogP contribution in [-0.2, 0) is 16.6 Å². The van der Waals surface area contributed by atoms with Crippen LogP contribution >= 0.6 is 0 Å². The Morgan fingerprint density at radius 2 is 1.96 bits per heavy atom. The van der Waals surface area contributed by atoms with E-state index < -0.39 is 10.0 Å². The fraction of sp³-hybridized carbons (Fsp3) is 0.353. The number of aryl methyl sites for hydroxylation is 1. The molecule has 128 valence electrons. The second kappa shape index (κ2) is 6.86. The smallest absolute Gasteiger partial charge is 0.244 e. The highest BCUT2D eigenvalue weighted by Crippen LogP contribution is 2.21. The molecule has 5 nitrogen and oxygen atoms in total. The number of benzene rings is 1. The molecule has 1 saturated heterocycles. The van der Waals surface area contributed by atoms with E-state index in [9.17, 15) is 12.8 Å². The van der Waals surface area contributed by atoms with Crippen LogP contribution in [-0.4, -0.2) is 30.8 Å². The number of nitrogens with zero attached hydrogens (tertiary/aromatic N) is 2. The monoisotopic (exact) mass is 349 g/mol. The SMILES string of the molecule is Cc1cc(CNc2ccc(S(=O)(=O)N3CCCC3)cn2)ccc1F. The largest absolute Gasteiger partial charge is 0.366 e. The summed E-state index contributed by atoms with van der Waals surface area (Å²) in [5.41, 5.74) is 1.53. The molecular formula is C17H20FN3O2S. The van der Waals surface area contributed by atoms with Crippen molar-refractivity contribution in [2.24, 2.45) is 0 Å². The standard InChI is InChI=1S/C17H20FN3O2S/c1-13-10-14(4-6-16(13)18)11-19-17-7-5-15(12-20-17)24(22,23)21-8-2-3-9-21/h4-7,10,12H,2-3,8-9,11H2,1H3,(H,19,20). The average Bonchev–Trinajstić information content (AvgIpc) is 3.12. The van der Waals surface area contributed by atoms with Crippen LogP contribution in [0.4, 0.5) is 10.2 Å². The van der Waals surface area contributed by atoms with Crippen molar-refractivity contribution in [1.29, 1.82) is 0 Å². The van der Waals surface area contributed by atoms with E-state index in [-0.39, 0.29) is 10.7 Å². The van der Waals surface area contributed by atoms with Gasteiger partial charge in [0.05, 0.1) is 0 Å². The van der Waals surface area contributed by atoms with E-state index >= 15 is 0 Å². The third-order valence-corrected chi connectivity index (χ3v) is 6.02.